The molecular formula is C29H22BrFN2O3. The molecular weight excluding hydrogens is 523 g/mol. The van der Waals surface area contributed by atoms with Crippen molar-refractivity contribution in [3.8, 4) is 11.5 Å². The molecule has 4 rings (SSSR count). The minimum Gasteiger partial charge on any atom is -0.456 e. The Morgan fingerprint density at radius 1 is 0.861 bits per heavy atom. The summed E-state index contributed by atoms with van der Waals surface area (Å²) in [4.78, 5) is 25.8. The van der Waals surface area contributed by atoms with Gasteiger partial charge in [-0.25, -0.2) is 4.39 Å². The van der Waals surface area contributed by atoms with Crippen LogP contribution in [0.25, 0.3) is 6.08 Å². The maximum atomic E-state index is 13.5. The molecule has 0 bridgehead atoms. The average Bonchev–Trinajstić information content (AvgIpc) is 2.90. The van der Waals surface area contributed by atoms with Crippen molar-refractivity contribution in [2.24, 2.45) is 0 Å². The Balaban J connectivity index is 1.53. The first-order valence-corrected chi connectivity index (χ1v) is 11.9. The van der Waals surface area contributed by atoms with Gasteiger partial charge in [0.1, 0.15) is 23.0 Å². The van der Waals surface area contributed by atoms with Crippen LogP contribution in [0.3, 0.4) is 0 Å². The molecule has 0 aliphatic heterocycles. The molecule has 0 aliphatic carbocycles. The molecule has 7 heteroatoms. The third kappa shape index (κ3) is 6.90. The molecule has 5 nitrogen and oxygen atoms in total. The van der Waals surface area contributed by atoms with Crippen molar-refractivity contribution in [1.29, 1.82) is 0 Å². The Morgan fingerprint density at radius 2 is 1.58 bits per heavy atom. The van der Waals surface area contributed by atoms with Gasteiger partial charge in [-0.1, -0.05) is 54.6 Å². The number of amides is 2. The first kappa shape index (κ1) is 24.9. The van der Waals surface area contributed by atoms with E-state index in [1.165, 1.54) is 12.1 Å². The third-order valence-electron chi connectivity index (χ3n) is 5.13. The predicted molar refractivity (Wildman–Crippen MR) is 141 cm³/mol. The van der Waals surface area contributed by atoms with E-state index in [-0.39, 0.29) is 18.1 Å². The zero-order valence-electron chi connectivity index (χ0n) is 19.1. The van der Waals surface area contributed by atoms with E-state index in [0.717, 1.165) is 4.47 Å². The summed E-state index contributed by atoms with van der Waals surface area (Å²) in [5.41, 5.74) is 1.75. The Morgan fingerprint density at radius 3 is 2.31 bits per heavy atom. The summed E-state index contributed by atoms with van der Waals surface area (Å²) >= 11 is 3.45. The summed E-state index contributed by atoms with van der Waals surface area (Å²) in [6, 6.07) is 29.2. The molecule has 0 aromatic heterocycles. The first-order chi connectivity index (χ1) is 17.5. The highest BCUT2D eigenvalue weighted by atomic mass is 79.9. The van der Waals surface area contributed by atoms with Crippen LogP contribution in [0.15, 0.2) is 113 Å². The summed E-state index contributed by atoms with van der Waals surface area (Å²) in [5, 5.41) is 5.42. The Labute approximate surface area is 216 Å². The first-order valence-electron chi connectivity index (χ1n) is 11.1. The molecule has 2 N–H and O–H groups in total. The molecule has 0 saturated heterocycles. The fourth-order valence-electron chi connectivity index (χ4n) is 3.32. The minimum absolute atomic E-state index is 0.0553. The lowest BCUT2D eigenvalue weighted by atomic mass is 10.1. The zero-order valence-corrected chi connectivity index (χ0v) is 20.7. The summed E-state index contributed by atoms with van der Waals surface area (Å²) in [6.07, 6.45) is 1.57. The molecule has 4 aromatic carbocycles. The van der Waals surface area contributed by atoms with E-state index >= 15 is 0 Å². The second kappa shape index (κ2) is 12.0. The third-order valence-corrected chi connectivity index (χ3v) is 5.78. The molecule has 0 heterocycles. The number of carbonyl (C=O) groups is 2. The fraction of sp³-hybridized carbons (Fsp3) is 0.0345. The quantitative estimate of drug-likeness (QED) is 0.250. The van der Waals surface area contributed by atoms with Crippen LogP contribution in [0.5, 0.6) is 11.5 Å². The number of halogens is 2. The van der Waals surface area contributed by atoms with Gasteiger partial charge in [-0.2, -0.15) is 0 Å². The van der Waals surface area contributed by atoms with Crippen molar-refractivity contribution in [3.05, 3.63) is 136 Å². The van der Waals surface area contributed by atoms with Crippen LogP contribution in [-0.4, -0.2) is 11.8 Å². The van der Waals surface area contributed by atoms with Gasteiger partial charge < -0.3 is 15.4 Å². The number of carbonyl (C=O) groups excluding carboxylic acids is 2. The smallest absolute Gasteiger partial charge is 0.268 e. The standard InChI is InChI=1S/C29H22BrFN2O3/c30-25-11-4-5-12-27(25)36-24-15-13-20(14-16-24)18-26(33-28(34)22-8-2-1-3-9-22)29(35)32-19-21-7-6-10-23(31)17-21/h1-18H,19H2,(H,32,35)(H,33,34). The van der Waals surface area contributed by atoms with E-state index in [0.29, 0.717) is 28.2 Å². The van der Waals surface area contributed by atoms with Crippen molar-refractivity contribution in [2.45, 2.75) is 6.54 Å². The molecule has 0 fully saturated rings. The van der Waals surface area contributed by atoms with Gasteiger partial charge in [-0.3, -0.25) is 9.59 Å². The lowest BCUT2D eigenvalue weighted by molar-refractivity contribution is -0.117. The number of hydrogen-bond donors (Lipinski definition) is 2. The highest BCUT2D eigenvalue weighted by molar-refractivity contribution is 9.10. The van der Waals surface area contributed by atoms with Gasteiger partial charge in [0.05, 0.1) is 4.47 Å². The molecule has 36 heavy (non-hydrogen) atoms. The largest absolute Gasteiger partial charge is 0.456 e. The Bertz CT molecular complexity index is 1390. The van der Waals surface area contributed by atoms with E-state index in [1.807, 2.05) is 24.3 Å². The summed E-state index contributed by atoms with van der Waals surface area (Å²) in [7, 11) is 0. The maximum Gasteiger partial charge on any atom is 0.268 e. The van der Waals surface area contributed by atoms with Crippen LogP contribution in [0, 0.1) is 5.82 Å². The maximum absolute atomic E-state index is 13.5. The molecule has 2 amide bonds. The van der Waals surface area contributed by atoms with Gasteiger partial charge in [0.15, 0.2) is 0 Å². The van der Waals surface area contributed by atoms with Gasteiger partial charge in [-0.15, -0.1) is 0 Å². The van der Waals surface area contributed by atoms with E-state index in [4.69, 9.17) is 4.74 Å². The van der Waals surface area contributed by atoms with Crippen LogP contribution in [0.2, 0.25) is 0 Å². The van der Waals surface area contributed by atoms with Crippen LogP contribution in [-0.2, 0) is 11.3 Å². The van der Waals surface area contributed by atoms with Gasteiger partial charge in [0.25, 0.3) is 11.8 Å². The van der Waals surface area contributed by atoms with E-state index in [2.05, 4.69) is 26.6 Å². The highest BCUT2D eigenvalue weighted by Gasteiger charge is 2.15. The molecule has 180 valence electrons. The summed E-state index contributed by atoms with van der Waals surface area (Å²) in [5.74, 6) is -0.0220. The van der Waals surface area contributed by atoms with Gasteiger partial charge in [0, 0.05) is 12.1 Å². The Kier molecular flexibility index (Phi) is 8.26. The van der Waals surface area contributed by atoms with E-state index in [9.17, 15) is 14.0 Å². The van der Waals surface area contributed by atoms with Crippen molar-refractivity contribution >= 4 is 33.8 Å². The van der Waals surface area contributed by atoms with Crippen LogP contribution in [0.4, 0.5) is 4.39 Å². The van der Waals surface area contributed by atoms with Crippen LogP contribution < -0.4 is 15.4 Å². The summed E-state index contributed by atoms with van der Waals surface area (Å²) in [6.45, 7) is 0.105. The van der Waals surface area contributed by atoms with E-state index in [1.54, 1.807) is 72.8 Å². The van der Waals surface area contributed by atoms with E-state index < -0.39 is 11.8 Å². The lowest BCUT2D eigenvalue weighted by Crippen LogP contribution is -2.34. The summed E-state index contributed by atoms with van der Waals surface area (Å²) < 4.78 is 20.2. The molecule has 4 aromatic rings. The van der Waals surface area contributed by atoms with Crippen molar-refractivity contribution in [2.75, 3.05) is 0 Å². The molecule has 0 spiro atoms. The normalized spacial score (nSPS) is 11.0. The lowest BCUT2D eigenvalue weighted by Gasteiger charge is -2.12. The molecule has 0 atom stereocenters. The van der Waals surface area contributed by atoms with Crippen molar-refractivity contribution in [1.82, 2.24) is 10.6 Å². The topological polar surface area (TPSA) is 67.4 Å². The molecule has 0 saturated carbocycles. The molecule has 0 radical (unpaired) electrons. The number of para-hydroxylation sites is 1. The number of rotatable bonds is 8. The predicted octanol–water partition coefficient (Wildman–Crippen LogP) is 6.47. The number of benzene rings is 4. The van der Waals surface area contributed by atoms with Crippen molar-refractivity contribution in [3.63, 3.8) is 0 Å². The number of nitrogens with one attached hydrogen (secondary N) is 2. The van der Waals surface area contributed by atoms with Gasteiger partial charge in [-0.05, 0) is 81.7 Å². The second-order valence-corrected chi connectivity index (χ2v) is 8.65. The zero-order chi connectivity index (χ0) is 25.3. The van der Waals surface area contributed by atoms with Crippen LogP contribution in [0.1, 0.15) is 21.5 Å². The molecule has 0 aliphatic rings. The second-order valence-electron chi connectivity index (χ2n) is 7.79. The van der Waals surface area contributed by atoms with Crippen molar-refractivity contribution < 1.29 is 18.7 Å². The molecule has 0 unspecified atom stereocenters. The highest BCUT2D eigenvalue weighted by Crippen LogP contribution is 2.29. The number of ether oxygens (including phenoxy) is 1. The average molecular weight is 545 g/mol. The van der Waals surface area contributed by atoms with Gasteiger partial charge in [0.2, 0.25) is 0 Å². The monoisotopic (exact) mass is 544 g/mol. The minimum atomic E-state index is -0.503. The Hall–Kier alpha value is -4.23. The van der Waals surface area contributed by atoms with Crippen LogP contribution >= 0.6 is 15.9 Å². The number of hydrogen-bond acceptors (Lipinski definition) is 3. The van der Waals surface area contributed by atoms with Gasteiger partial charge >= 0.3 is 0 Å². The SMILES string of the molecule is O=C(NCc1cccc(F)c1)C(=Cc1ccc(Oc2ccccc2Br)cc1)NC(=O)c1ccccc1. The fourth-order valence-corrected chi connectivity index (χ4v) is 3.69.